The number of ether oxygens (including phenoxy) is 1. The minimum Gasteiger partial charge on any atom is -0.487 e. The van der Waals surface area contributed by atoms with Crippen LogP contribution in [0.3, 0.4) is 0 Å². The van der Waals surface area contributed by atoms with E-state index >= 15 is 0 Å². The van der Waals surface area contributed by atoms with Crippen molar-refractivity contribution in [2.75, 3.05) is 0 Å². The molecular formula is C18H17N3O2. The first-order chi connectivity index (χ1) is 11.2. The molecule has 23 heavy (non-hydrogen) atoms. The zero-order valence-corrected chi connectivity index (χ0v) is 12.8. The first-order valence-electron chi connectivity index (χ1n) is 7.37. The van der Waals surface area contributed by atoms with Crippen molar-refractivity contribution in [1.82, 2.24) is 15.0 Å². The van der Waals surface area contributed by atoms with Crippen molar-refractivity contribution in [3.05, 3.63) is 77.6 Å². The predicted molar refractivity (Wildman–Crippen MR) is 86.3 cm³/mol. The molecule has 3 rings (SSSR count). The summed E-state index contributed by atoms with van der Waals surface area (Å²) >= 11 is 0. The van der Waals surface area contributed by atoms with Crippen molar-refractivity contribution in [1.29, 1.82) is 0 Å². The van der Waals surface area contributed by atoms with Gasteiger partial charge in [-0.25, -0.2) is 4.68 Å². The molecule has 2 aromatic carbocycles. The van der Waals surface area contributed by atoms with Gasteiger partial charge >= 0.3 is 0 Å². The Morgan fingerprint density at radius 3 is 2.52 bits per heavy atom. The van der Waals surface area contributed by atoms with Crippen molar-refractivity contribution >= 4 is 5.78 Å². The minimum absolute atomic E-state index is 0.0420. The highest BCUT2D eigenvalue weighted by Gasteiger charge is 2.04. The second kappa shape index (κ2) is 6.87. The molecule has 116 valence electrons. The Hall–Kier alpha value is -2.95. The summed E-state index contributed by atoms with van der Waals surface area (Å²) in [5, 5.41) is 8.21. The zero-order valence-electron chi connectivity index (χ0n) is 12.8. The van der Waals surface area contributed by atoms with E-state index < -0.39 is 0 Å². The third-order valence-corrected chi connectivity index (χ3v) is 3.42. The van der Waals surface area contributed by atoms with Gasteiger partial charge in [0.05, 0.1) is 12.7 Å². The van der Waals surface area contributed by atoms with E-state index in [9.17, 15) is 4.79 Å². The van der Waals surface area contributed by atoms with Crippen LogP contribution in [0.1, 0.15) is 28.5 Å². The van der Waals surface area contributed by atoms with Crippen LogP contribution in [0.25, 0.3) is 0 Å². The fourth-order valence-corrected chi connectivity index (χ4v) is 2.20. The fraction of sp³-hybridized carbons (Fsp3) is 0.167. The molecule has 0 fully saturated rings. The smallest absolute Gasteiger partial charge is 0.159 e. The molecule has 0 aliphatic heterocycles. The lowest BCUT2D eigenvalue weighted by Crippen LogP contribution is -2.00. The number of nitrogens with zero attached hydrogens (tertiary/aromatic N) is 3. The van der Waals surface area contributed by atoms with Gasteiger partial charge in [-0.05, 0) is 36.8 Å². The molecule has 0 bridgehead atoms. The van der Waals surface area contributed by atoms with Crippen LogP contribution in [0.5, 0.6) is 5.75 Å². The summed E-state index contributed by atoms with van der Waals surface area (Å²) in [5.41, 5.74) is 2.60. The van der Waals surface area contributed by atoms with Gasteiger partial charge < -0.3 is 4.74 Å². The Kier molecular flexibility index (Phi) is 4.47. The van der Waals surface area contributed by atoms with Crippen LogP contribution in [0.4, 0.5) is 0 Å². The summed E-state index contributed by atoms with van der Waals surface area (Å²) in [6.45, 7) is 2.57. The van der Waals surface area contributed by atoms with E-state index in [0.29, 0.717) is 24.5 Å². The predicted octanol–water partition coefficient (Wildman–Crippen LogP) is 3.11. The van der Waals surface area contributed by atoms with Crippen LogP contribution in [-0.4, -0.2) is 20.8 Å². The fourth-order valence-electron chi connectivity index (χ4n) is 2.20. The molecule has 5 heteroatoms. The SMILES string of the molecule is CC(=O)c1ccc(OCc2cn(Cc3ccccc3)nn2)cc1. The molecule has 0 atom stereocenters. The van der Waals surface area contributed by atoms with Crippen molar-refractivity contribution < 1.29 is 9.53 Å². The standard InChI is InChI=1S/C18H17N3O2/c1-14(22)16-7-9-18(10-8-16)23-13-17-12-21(20-19-17)11-15-5-3-2-4-6-15/h2-10,12H,11,13H2,1H3. The molecule has 1 aromatic heterocycles. The first kappa shape index (κ1) is 15.0. The average molecular weight is 307 g/mol. The minimum atomic E-state index is 0.0420. The van der Waals surface area contributed by atoms with Crippen LogP contribution in [-0.2, 0) is 13.2 Å². The molecule has 0 aliphatic rings. The Morgan fingerprint density at radius 1 is 1.09 bits per heavy atom. The summed E-state index contributed by atoms with van der Waals surface area (Å²) in [6.07, 6.45) is 1.87. The van der Waals surface area contributed by atoms with Gasteiger partial charge in [-0.15, -0.1) is 5.10 Å². The summed E-state index contributed by atoms with van der Waals surface area (Å²) in [6, 6.07) is 17.2. The van der Waals surface area contributed by atoms with Crippen molar-refractivity contribution in [3.8, 4) is 5.75 Å². The Balaban J connectivity index is 1.57. The molecule has 0 saturated heterocycles. The van der Waals surface area contributed by atoms with Gasteiger partial charge in [0.15, 0.2) is 5.78 Å². The third kappa shape index (κ3) is 4.03. The highest BCUT2D eigenvalue weighted by molar-refractivity contribution is 5.94. The molecule has 0 spiro atoms. The summed E-state index contributed by atoms with van der Waals surface area (Å²) in [5.74, 6) is 0.744. The number of benzene rings is 2. The van der Waals surface area contributed by atoms with Gasteiger partial charge in [0.1, 0.15) is 18.1 Å². The average Bonchev–Trinajstić information content (AvgIpc) is 3.02. The normalized spacial score (nSPS) is 10.5. The number of rotatable bonds is 6. The van der Waals surface area contributed by atoms with Crippen LogP contribution in [0, 0.1) is 0 Å². The molecule has 0 aliphatic carbocycles. The second-order valence-electron chi connectivity index (χ2n) is 5.26. The Labute approximate surface area is 134 Å². The highest BCUT2D eigenvalue weighted by Crippen LogP contribution is 2.14. The Morgan fingerprint density at radius 2 is 1.83 bits per heavy atom. The number of aromatic nitrogens is 3. The number of carbonyl (C=O) groups is 1. The van der Waals surface area contributed by atoms with Gasteiger partial charge in [0.2, 0.25) is 0 Å². The molecular weight excluding hydrogens is 290 g/mol. The maximum Gasteiger partial charge on any atom is 0.159 e. The lowest BCUT2D eigenvalue weighted by molar-refractivity contribution is 0.101. The van der Waals surface area contributed by atoms with E-state index in [0.717, 1.165) is 5.69 Å². The maximum absolute atomic E-state index is 11.2. The lowest BCUT2D eigenvalue weighted by atomic mass is 10.1. The summed E-state index contributed by atoms with van der Waals surface area (Å²) < 4.78 is 7.45. The lowest BCUT2D eigenvalue weighted by Gasteiger charge is -2.04. The molecule has 0 N–H and O–H groups in total. The quantitative estimate of drug-likeness (QED) is 0.657. The van der Waals surface area contributed by atoms with Crippen LogP contribution in [0.2, 0.25) is 0 Å². The third-order valence-electron chi connectivity index (χ3n) is 3.42. The van der Waals surface area contributed by atoms with Gasteiger partial charge in [-0.1, -0.05) is 35.5 Å². The van der Waals surface area contributed by atoms with Crippen LogP contribution < -0.4 is 4.74 Å². The van der Waals surface area contributed by atoms with Gasteiger partial charge in [-0.3, -0.25) is 4.79 Å². The number of hydrogen-bond acceptors (Lipinski definition) is 4. The summed E-state index contributed by atoms with van der Waals surface area (Å²) in [4.78, 5) is 11.2. The van der Waals surface area contributed by atoms with E-state index in [1.165, 1.54) is 5.56 Å². The molecule has 0 unspecified atom stereocenters. The van der Waals surface area contributed by atoms with Crippen molar-refractivity contribution in [2.45, 2.75) is 20.1 Å². The van der Waals surface area contributed by atoms with Crippen molar-refractivity contribution in [3.63, 3.8) is 0 Å². The largest absolute Gasteiger partial charge is 0.487 e. The van der Waals surface area contributed by atoms with E-state index in [1.54, 1.807) is 35.9 Å². The number of Topliss-reactive ketones (excluding diaryl/α,β-unsaturated/α-hetero) is 1. The molecule has 1 heterocycles. The van der Waals surface area contributed by atoms with Crippen LogP contribution in [0.15, 0.2) is 60.8 Å². The molecule has 3 aromatic rings. The topological polar surface area (TPSA) is 57.0 Å². The number of hydrogen-bond donors (Lipinski definition) is 0. The first-order valence-corrected chi connectivity index (χ1v) is 7.37. The number of ketones is 1. The number of carbonyl (C=O) groups excluding carboxylic acids is 1. The zero-order chi connectivity index (χ0) is 16.1. The van der Waals surface area contributed by atoms with Crippen molar-refractivity contribution in [2.24, 2.45) is 0 Å². The van der Waals surface area contributed by atoms with E-state index in [4.69, 9.17) is 4.74 Å². The second-order valence-corrected chi connectivity index (χ2v) is 5.26. The van der Waals surface area contributed by atoms with Gasteiger partial charge in [0, 0.05) is 5.56 Å². The summed E-state index contributed by atoms with van der Waals surface area (Å²) in [7, 11) is 0. The van der Waals surface area contributed by atoms with E-state index in [1.807, 2.05) is 24.4 Å². The van der Waals surface area contributed by atoms with Gasteiger partial charge in [0.25, 0.3) is 0 Å². The molecule has 0 saturated carbocycles. The monoisotopic (exact) mass is 307 g/mol. The Bertz CT molecular complexity index is 780. The maximum atomic E-state index is 11.2. The van der Waals surface area contributed by atoms with E-state index in [-0.39, 0.29) is 5.78 Å². The molecule has 5 nitrogen and oxygen atoms in total. The molecule has 0 radical (unpaired) electrons. The van der Waals surface area contributed by atoms with Crippen LogP contribution >= 0.6 is 0 Å². The van der Waals surface area contributed by atoms with Gasteiger partial charge in [-0.2, -0.15) is 0 Å². The highest BCUT2D eigenvalue weighted by atomic mass is 16.5. The molecule has 0 amide bonds. The van der Waals surface area contributed by atoms with E-state index in [2.05, 4.69) is 22.4 Å².